The highest BCUT2D eigenvalue weighted by Gasteiger charge is 2.22. The van der Waals surface area contributed by atoms with Crippen LogP contribution in [0.25, 0.3) is 0 Å². The number of anilines is 1. The van der Waals surface area contributed by atoms with Crippen molar-refractivity contribution in [2.75, 3.05) is 5.32 Å². The molecule has 4 nitrogen and oxygen atoms in total. The lowest BCUT2D eigenvalue weighted by Gasteiger charge is -2.20. The van der Waals surface area contributed by atoms with Crippen LogP contribution in [0.2, 0.25) is 0 Å². The average molecular weight is 258 g/mol. The number of terminal acetylenes is 1. The molecule has 4 heteroatoms. The molecule has 0 bridgehead atoms. The van der Waals surface area contributed by atoms with Gasteiger partial charge in [-0.2, -0.15) is 0 Å². The van der Waals surface area contributed by atoms with Gasteiger partial charge in [-0.15, -0.1) is 6.42 Å². The summed E-state index contributed by atoms with van der Waals surface area (Å²) in [6, 6.07) is 6.45. The fourth-order valence-electron chi connectivity index (χ4n) is 1.66. The van der Waals surface area contributed by atoms with Crippen molar-refractivity contribution in [2.24, 2.45) is 5.92 Å². The van der Waals surface area contributed by atoms with Crippen molar-refractivity contribution in [1.82, 2.24) is 5.32 Å². The Kier molecular flexibility index (Phi) is 5.13. The predicted molar refractivity (Wildman–Crippen MR) is 75.4 cm³/mol. The molecule has 0 saturated carbocycles. The summed E-state index contributed by atoms with van der Waals surface area (Å²) in [5.41, 5.74) is 1.31. The van der Waals surface area contributed by atoms with Crippen molar-refractivity contribution < 1.29 is 9.59 Å². The maximum atomic E-state index is 12.1. The lowest BCUT2D eigenvalue weighted by molar-refractivity contribution is -0.126. The van der Waals surface area contributed by atoms with Gasteiger partial charge in [0.2, 0.25) is 11.8 Å². The van der Waals surface area contributed by atoms with Gasteiger partial charge in [0.05, 0.1) is 0 Å². The molecule has 1 aromatic rings. The molecule has 2 amide bonds. The summed E-state index contributed by atoms with van der Waals surface area (Å²) in [7, 11) is 0. The molecule has 1 rings (SSSR count). The summed E-state index contributed by atoms with van der Waals surface area (Å²) in [6.07, 6.45) is 5.30. The zero-order valence-corrected chi connectivity index (χ0v) is 11.4. The van der Waals surface area contributed by atoms with Crippen LogP contribution in [0.3, 0.4) is 0 Å². The Balaban J connectivity index is 2.81. The largest absolute Gasteiger partial charge is 0.344 e. The predicted octanol–water partition coefficient (Wildman–Crippen LogP) is 1.77. The number of amides is 2. The molecule has 0 saturated heterocycles. The van der Waals surface area contributed by atoms with E-state index in [1.54, 1.807) is 24.3 Å². The third-order valence-electron chi connectivity index (χ3n) is 2.60. The van der Waals surface area contributed by atoms with Crippen molar-refractivity contribution in [2.45, 2.75) is 26.8 Å². The zero-order valence-electron chi connectivity index (χ0n) is 11.4. The molecule has 1 atom stereocenters. The van der Waals surface area contributed by atoms with E-state index >= 15 is 0 Å². The van der Waals surface area contributed by atoms with Gasteiger partial charge in [-0.05, 0) is 24.1 Å². The molecule has 0 radical (unpaired) electrons. The van der Waals surface area contributed by atoms with E-state index < -0.39 is 6.04 Å². The molecule has 0 aromatic heterocycles. The van der Waals surface area contributed by atoms with Crippen LogP contribution in [-0.4, -0.2) is 17.9 Å². The van der Waals surface area contributed by atoms with Crippen molar-refractivity contribution in [1.29, 1.82) is 0 Å². The monoisotopic (exact) mass is 258 g/mol. The van der Waals surface area contributed by atoms with Gasteiger partial charge in [-0.25, -0.2) is 0 Å². The molecule has 0 fully saturated rings. The van der Waals surface area contributed by atoms with Crippen LogP contribution in [0.4, 0.5) is 5.69 Å². The lowest BCUT2D eigenvalue weighted by atomic mass is 10.0. The van der Waals surface area contributed by atoms with Crippen LogP contribution in [0, 0.1) is 18.3 Å². The molecule has 0 spiro atoms. The topological polar surface area (TPSA) is 58.2 Å². The first-order chi connectivity index (χ1) is 8.93. The van der Waals surface area contributed by atoms with E-state index in [-0.39, 0.29) is 17.7 Å². The molecule has 1 aromatic carbocycles. The Morgan fingerprint density at radius 2 is 2.00 bits per heavy atom. The fraction of sp³-hybridized carbons (Fsp3) is 0.333. The third kappa shape index (κ3) is 4.47. The highest BCUT2D eigenvalue weighted by molar-refractivity contribution is 5.97. The number of benzene rings is 1. The molecule has 0 aliphatic carbocycles. The molecular weight excluding hydrogens is 240 g/mol. The summed E-state index contributed by atoms with van der Waals surface area (Å²) in [5.74, 6) is 2.02. The second-order valence-electron chi connectivity index (χ2n) is 4.64. The van der Waals surface area contributed by atoms with Crippen LogP contribution in [0.1, 0.15) is 26.3 Å². The maximum Gasteiger partial charge on any atom is 0.247 e. The maximum absolute atomic E-state index is 12.1. The van der Waals surface area contributed by atoms with Crippen molar-refractivity contribution >= 4 is 17.5 Å². The van der Waals surface area contributed by atoms with Crippen LogP contribution in [-0.2, 0) is 9.59 Å². The zero-order chi connectivity index (χ0) is 14.4. The minimum absolute atomic E-state index is 0.000263. The van der Waals surface area contributed by atoms with Crippen LogP contribution < -0.4 is 10.6 Å². The number of carbonyl (C=O) groups is 2. The Morgan fingerprint density at radius 3 is 2.53 bits per heavy atom. The first-order valence-corrected chi connectivity index (χ1v) is 6.08. The van der Waals surface area contributed by atoms with E-state index in [2.05, 4.69) is 16.6 Å². The third-order valence-corrected chi connectivity index (χ3v) is 2.60. The summed E-state index contributed by atoms with van der Waals surface area (Å²) in [5, 5.41) is 5.39. The second kappa shape index (κ2) is 6.60. The van der Waals surface area contributed by atoms with Gasteiger partial charge in [0.15, 0.2) is 0 Å². The van der Waals surface area contributed by atoms with Crippen LogP contribution in [0.5, 0.6) is 0 Å². The normalized spacial score (nSPS) is 11.5. The summed E-state index contributed by atoms with van der Waals surface area (Å²) >= 11 is 0. The van der Waals surface area contributed by atoms with E-state index in [1.807, 2.05) is 13.8 Å². The number of nitrogens with one attached hydrogen (secondary N) is 2. The number of carbonyl (C=O) groups excluding carboxylic acids is 2. The van der Waals surface area contributed by atoms with Crippen LogP contribution >= 0.6 is 0 Å². The lowest BCUT2D eigenvalue weighted by Crippen LogP contribution is -2.46. The van der Waals surface area contributed by atoms with Gasteiger partial charge in [0.1, 0.15) is 6.04 Å². The van der Waals surface area contributed by atoms with Gasteiger partial charge < -0.3 is 10.6 Å². The molecule has 0 aliphatic heterocycles. The summed E-state index contributed by atoms with van der Waals surface area (Å²) < 4.78 is 0. The van der Waals surface area contributed by atoms with Crippen molar-refractivity contribution in [3.8, 4) is 12.3 Å². The fourth-order valence-corrected chi connectivity index (χ4v) is 1.66. The number of hydrogen-bond acceptors (Lipinski definition) is 2. The number of rotatable bonds is 4. The van der Waals surface area contributed by atoms with E-state index in [1.165, 1.54) is 6.92 Å². The molecule has 0 aliphatic rings. The Morgan fingerprint density at radius 1 is 1.32 bits per heavy atom. The Hall–Kier alpha value is -2.28. The van der Waals surface area contributed by atoms with E-state index in [0.29, 0.717) is 11.3 Å². The van der Waals surface area contributed by atoms with Gasteiger partial charge in [0, 0.05) is 18.2 Å². The standard InChI is InChI=1S/C15H18N2O2/c1-5-12-7-6-8-13(9-12)17-15(19)14(10(2)3)16-11(4)18/h1,6-10,14H,2-4H3,(H,16,18)(H,17,19)/t14-/m0/s1. The van der Waals surface area contributed by atoms with Crippen molar-refractivity contribution in [3.63, 3.8) is 0 Å². The highest BCUT2D eigenvalue weighted by atomic mass is 16.2. The molecule has 0 unspecified atom stereocenters. The van der Waals surface area contributed by atoms with Gasteiger partial charge >= 0.3 is 0 Å². The molecular formula is C15H18N2O2. The molecule has 0 heterocycles. The highest BCUT2D eigenvalue weighted by Crippen LogP contribution is 2.12. The second-order valence-corrected chi connectivity index (χ2v) is 4.64. The minimum Gasteiger partial charge on any atom is -0.344 e. The SMILES string of the molecule is C#Cc1cccc(NC(=O)[C@@H](NC(C)=O)C(C)C)c1. The van der Waals surface area contributed by atoms with Crippen molar-refractivity contribution in [3.05, 3.63) is 29.8 Å². The van der Waals surface area contributed by atoms with Gasteiger partial charge in [0.25, 0.3) is 0 Å². The first kappa shape index (κ1) is 14.8. The Labute approximate surface area is 113 Å². The summed E-state index contributed by atoms with van der Waals surface area (Å²) in [6.45, 7) is 5.14. The molecule has 19 heavy (non-hydrogen) atoms. The van der Waals surface area contributed by atoms with E-state index in [4.69, 9.17) is 6.42 Å². The first-order valence-electron chi connectivity index (χ1n) is 6.08. The minimum atomic E-state index is -0.563. The van der Waals surface area contributed by atoms with E-state index in [0.717, 1.165) is 0 Å². The molecule has 100 valence electrons. The summed E-state index contributed by atoms with van der Waals surface area (Å²) in [4.78, 5) is 23.2. The Bertz CT molecular complexity index is 515. The smallest absolute Gasteiger partial charge is 0.247 e. The molecule has 2 N–H and O–H groups in total. The number of hydrogen-bond donors (Lipinski definition) is 2. The average Bonchev–Trinajstić information content (AvgIpc) is 2.35. The van der Waals surface area contributed by atoms with Gasteiger partial charge in [-0.1, -0.05) is 25.8 Å². The quantitative estimate of drug-likeness (QED) is 0.809. The van der Waals surface area contributed by atoms with Crippen LogP contribution in [0.15, 0.2) is 24.3 Å². The van der Waals surface area contributed by atoms with E-state index in [9.17, 15) is 9.59 Å². The van der Waals surface area contributed by atoms with Gasteiger partial charge in [-0.3, -0.25) is 9.59 Å².